The summed E-state index contributed by atoms with van der Waals surface area (Å²) in [6.07, 6.45) is 17.8. The summed E-state index contributed by atoms with van der Waals surface area (Å²) >= 11 is 0. The Bertz CT molecular complexity index is 643. The van der Waals surface area contributed by atoms with Crippen molar-refractivity contribution in [1.29, 1.82) is 0 Å². The van der Waals surface area contributed by atoms with E-state index in [1.165, 1.54) is 51.4 Å². The SMILES string of the molecule is CC(C)CCC[C@@H](C)[C@H]1CC[C@H]2C3=CCC4=CC(O)CC[C@]4(C)[C@H]3CC[C@]12C. The molecule has 0 heterocycles. The highest BCUT2D eigenvalue weighted by atomic mass is 16.3. The van der Waals surface area contributed by atoms with Gasteiger partial charge in [0.2, 0.25) is 0 Å². The molecule has 0 aromatic rings. The number of aliphatic hydroxyl groups is 1. The van der Waals surface area contributed by atoms with Crippen molar-refractivity contribution >= 4 is 0 Å². The van der Waals surface area contributed by atoms with Gasteiger partial charge in [-0.2, -0.15) is 0 Å². The molecule has 0 bridgehead atoms. The Hall–Kier alpha value is -0.560. The fourth-order valence-electron chi connectivity index (χ4n) is 8.03. The van der Waals surface area contributed by atoms with Crippen LogP contribution in [0, 0.1) is 40.4 Å². The van der Waals surface area contributed by atoms with Crippen LogP contribution >= 0.6 is 0 Å². The van der Waals surface area contributed by atoms with Gasteiger partial charge in [-0.3, -0.25) is 0 Å². The summed E-state index contributed by atoms with van der Waals surface area (Å²) in [6, 6.07) is 0. The first-order valence-electron chi connectivity index (χ1n) is 12.3. The lowest BCUT2D eigenvalue weighted by atomic mass is 9.49. The smallest absolute Gasteiger partial charge is 0.0724 e. The summed E-state index contributed by atoms with van der Waals surface area (Å²) in [5, 5.41) is 10.2. The van der Waals surface area contributed by atoms with Gasteiger partial charge < -0.3 is 5.11 Å². The summed E-state index contributed by atoms with van der Waals surface area (Å²) in [7, 11) is 0. The van der Waals surface area contributed by atoms with Crippen LogP contribution in [0.3, 0.4) is 0 Å². The van der Waals surface area contributed by atoms with Gasteiger partial charge in [-0.1, -0.05) is 77.2 Å². The summed E-state index contributed by atoms with van der Waals surface area (Å²) in [6.45, 7) is 12.5. The van der Waals surface area contributed by atoms with E-state index in [-0.39, 0.29) is 6.10 Å². The number of hydrogen-bond acceptors (Lipinski definition) is 1. The van der Waals surface area contributed by atoms with Gasteiger partial charge in [0.25, 0.3) is 0 Å². The van der Waals surface area contributed by atoms with Crippen LogP contribution in [-0.2, 0) is 0 Å². The first-order chi connectivity index (χ1) is 13.3. The van der Waals surface area contributed by atoms with E-state index < -0.39 is 0 Å². The summed E-state index contributed by atoms with van der Waals surface area (Å²) in [4.78, 5) is 0. The number of aliphatic hydroxyl groups excluding tert-OH is 1. The van der Waals surface area contributed by atoms with E-state index in [2.05, 4.69) is 46.8 Å². The van der Waals surface area contributed by atoms with E-state index in [0.717, 1.165) is 42.4 Å². The third kappa shape index (κ3) is 3.34. The second kappa shape index (κ2) is 7.60. The molecule has 0 saturated heterocycles. The standard InChI is InChI=1S/C27H44O/c1-18(2)7-6-8-19(3)23-11-12-24-22-10-9-20-17-21(28)13-15-26(20,4)25(22)14-16-27(23,24)5/h10,17-19,21,23-25,28H,6-9,11-16H2,1-5H3/t19-,21?,23-,24+,25+,26+,27-/m1/s1. The molecule has 1 N–H and O–H groups in total. The molecule has 158 valence electrons. The minimum absolute atomic E-state index is 0.200. The maximum absolute atomic E-state index is 10.2. The van der Waals surface area contributed by atoms with E-state index in [1.54, 1.807) is 5.57 Å². The van der Waals surface area contributed by atoms with Crippen LogP contribution in [0.25, 0.3) is 0 Å². The molecule has 7 atom stereocenters. The predicted octanol–water partition coefficient (Wildman–Crippen LogP) is 7.31. The van der Waals surface area contributed by atoms with Crippen LogP contribution in [0.2, 0.25) is 0 Å². The summed E-state index contributed by atoms with van der Waals surface area (Å²) < 4.78 is 0. The molecule has 4 rings (SSSR count). The van der Waals surface area contributed by atoms with Gasteiger partial charge >= 0.3 is 0 Å². The third-order valence-electron chi connectivity index (χ3n) is 9.73. The molecule has 0 spiro atoms. The molecular weight excluding hydrogens is 340 g/mol. The Morgan fingerprint density at radius 2 is 1.79 bits per heavy atom. The van der Waals surface area contributed by atoms with Crippen LogP contribution < -0.4 is 0 Å². The largest absolute Gasteiger partial charge is 0.389 e. The number of rotatable bonds is 5. The second-order valence-corrected chi connectivity index (χ2v) is 11.8. The Morgan fingerprint density at radius 3 is 2.54 bits per heavy atom. The maximum Gasteiger partial charge on any atom is 0.0724 e. The van der Waals surface area contributed by atoms with E-state index in [9.17, 15) is 5.11 Å². The molecule has 1 unspecified atom stereocenters. The summed E-state index contributed by atoms with van der Waals surface area (Å²) in [5.41, 5.74) is 4.23. The maximum atomic E-state index is 10.2. The van der Waals surface area contributed by atoms with Gasteiger partial charge in [-0.25, -0.2) is 0 Å². The topological polar surface area (TPSA) is 20.2 Å². The van der Waals surface area contributed by atoms with Crippen molar-refractivity contribution in [1.82, 2.24) is 0 Å². The van der Waals surface area contributed by atoms with Gasteiger partial charge in [0, 0.05) is 0 Å². The lowest BCUT2D eigenvalue weighted by molar-refractivity contribution is 0.0415. The molecule has 1 nitrogen and oxygen atoms in total. The number of fused-ring (bicyclic) bond motifs is 5. The Labute approximate surface area is 174 Å². The second-order valence-electron chi connectivity index (χ2n) is 11.8. The fraction of sp³-hybridized carbons (Fsp3) is 0.852. The van der Waals surface area contributed by atoms with Crippen LogP contribution in [0.15, 0.2) is 23.3 Å². The molecule has 0 amide bonds. The van der Waals surface area contributed by atoms with Crippen molar-refractivity contribution in [3.63, 3.8) is 0 Å². The van der Waals surface area contributed by atoms with Gasteiger partial charge in [0.05, 0.1) is 6.10 Å². The molecule has 28 heavy (non-hydrogen) atoms. The van der Waals surface area contributed by atoms with E-state index in [1.807, 2.05) is 5.57 Å². The monoisotopic (exact) mass is 384 g/mol. The van der Waals surface area contributed by atoms with E-state index in [4.69, 9.17) is 0 Å². The fourth-order valence-corrected chi connectivity index (χ4v) is 8.03. The van der Waals surface area contributed by atoms with Gasteiger partial charge in [-0.05, 0) is 85.4 Å². The minimum Gasteiger partial charge on any atom is -0.389 e. The molecule has 0 aromatic heterocycles. The lowest BCUT2D eigenvalue weighted by Crippen LogP contribution is -2.46. The van der Waals surface area contributed by atoms with Crippen molar-refractivity contribution in [3.05, 3.63) is 23.3 Å². The molecule has 2 saturated carbocycles. The quantitative estimate of drug-likeness (QED) is 0.493. The third-order valence-corrected chi connectivity index (χ3v) is 9.73. The van der Waals surface area contributed by atoms with Crippen molar-refractivity contribution in [3.8, 4) is 0 Å². The molecule has 1 heteroatoms. The molecule has 2 fully saturated rings. The van der Waals surface area contributed by atoms with Crippen molar-refractivity contribution < 1.29 is 5.11 Å². The first kappa shape index (κ1) is 20.7. The molecule has 0 aromatic carbocycles. The zero-order valence-electron chi connectivity index (χ0n) is 19.1. The van der Waals surface area contributed by atoms with Gasteiger partial charge in [-0.15, -0.1) is 0 Å². The van der Waals surface area contributed by atoms with Gasteiger partial charge in [0.1, 0.15) is 0 Å². The minimum atomic E-state index is -0.200. The molecular formula is C27H44O. The average Bonchev–Trinajstić information content (AvgIpc) is 2.99. The highest BCUT2D eigenvalue weighted by Crippen LogP contribution is 2.66. The van der Waals surface area contributed by atoms with E-state index >= 15 is 0 Å². The Balaban J connectivity index is 1.53. The highest BCUT2D eigenvalue weighted by molar-refractivity contribution is 5.36. The Morgan fingerprint density at radius 1 is 1.00 bits per heavy atom. The van der Waals surface area contributed by atoms with Crippen molar-refractivity contribution in [2.24, 2.45) is 40.4 Å². The molecule has 4 aliphatic carbocycles. The molecule has 0 radical (unpaired) electrons. The number of hydrogen-bond donors (Lipinski definition) is 1. The predicted molar refractivity (Wildman–Crippen MR) is 119 cm³/mol. The summed E-state index contributed by atoms with van der Waals surface area (Å²) in [5.74, 6) is 4.22. The first-order valence-corrected chi connectivity index (χ1v) is 12.3. The van der Waals surface area contributed by atoms with Crippen LogP contribution in [0.5, 0.6) is 0 Å². The average molecular weight is 385 g/mol. The number of allylic oxidation sites excluding steroid dienone is 3. The van der Waals surface area contributed by atoms with Crippen LogP contribution in [0.4, 0.5) is 0 Å². The van der Waals surface area contributed by atoms with Crippen molar-refractivity contribution in [2.75, 3.05) is 0 Å². The molecule has 4 aliphatic rings. The Kier molecular flexibility index (Phi) is 5.62. The van der Waals surface area contributed by atoms with Crippen molar-refractivity contribution in [2.45, 2.75) is 105 Å². The molecule has 0 aliphatic heterocycles. The van der Waals surface area contributed by atoms with E-state index in [0.29, 0.717) is 10.8 Å². The normalized spacial score (nSPS) is 43.7. The highest BCUT2D eigenvalue weighted by Gasteiger charge is 2.56. The lowest BCUT2D eigenvalue weighted by Gasteiger charge is -2.55. The zero-order chi connectivity index (χ0) is 20.1. The van der Waals surface area contributed by atoms with Gasteiger partial charge in [0.15, 0.2) is 0 Å². The van der Waals surface area contributed by atoms with Crippen LogP contribution in [0.1, 0.15) is 98.8 Å². The van der Waals surface area contributed by atoms with Crippen LogP contribution in [-0.4, -0.2) is 11.2 Å². The zero-order valence-corrected chi connectivity index (χ0v) is 19.1.